The molecule has 3 nitrogen and oxygen atoms in total. The second kappa shape index (κ2) is 8.57. The standard InChI is InChI=1S/C13H28N2O/c1-5-7-9-12(8-6-2)15-13(16)10(3)11(4)14/h10-12H,5-9,14H2,1-4H3,(H,15,16). The number of amides is 1. The lowest BCUT2D eigenvalue weighted by molar-refractivity contribution is -0.125. The summed E-state index contributed by atoms with van der Waals surface area (Å²) in [6.07, 6.45) is 5.62. The van der Waals surface area contributed by atoms with Crippen LogP contribution in [0, 0.1) is 5.92 Å². The first-order valence-electron chi connectivity index (χ1n) is 6.58. The molecule has 0 radical (unpaired) electrons. The minimum absolute atomic E-state index is 0.0755. The van der Waals surface area contributed by atoms with Gasteiger partial charge in [0, 0.05) is 18.0 Å². The van der Waals surface area contributed by atoms with E-state index in [0.717, 1.165) is 19.3 Å². The SMILES string of the molecule is CCCCC(CCC)NC(=O)C(C)C(C)N. The van der Waals surface area contributed by atoms with Gasteiger partial charge in [0.25, 0.3) is 0 Å². The smallest absolute Gasteiger partial charge is 0.224 e. The summed E-state index contributed by atoms with van der Waals surface area (Å²) >= 11 is 0. The normalized spacial score (nSPS) is 16.6. The van der Waals surface area contributed by atoms with E-state index in [1.54, 1.807) is 0 Å². The summed E-state index contributed by atoms with van der Waals surface area (Å²) < 4.78 is 0. The van der Waals surface area contributed by atoms with Crippen LogP contribution in [0.2, 0.25) is 0 Å². The first-order valence-corrected chi connectivity index (χ1v) is 6.58. The van der Waals surface area contributed by atoms with Crippen LogP contribution in [0.25, 0.3) is 0 Å². The molecule has 96 valence electrons. The Morgan fingerprint density at radius 3 is 2.25 bits per heavy atom. The third-order valence-electron chi connectivity index (χ3n) is 3.09. The second-order valence-electron chi connectivity index (χ2n) is 4.78. The van der Waals surface area contributed by atoms with Crippen LogP contribution < -0.4 is 11.1 Å². The highest BCUT2D eigenvalue weighted by Gasteiger charge is 2.19. The molecule has 0 aliphatic heterocycles. The maximum absolute atomic E-state index is 11.8. The molecule has 0 saturated carbocycles. The molecule has 0 aromatic rings. The highest BCUT2D eigenvalue weighted by atomic mass is 16.1. The van der Waals surface area contributed by atoms with Gasteiger partial charge in [-0.2, -0.15) is 0 Å². The maximum atomic E-state index is 11.8. The van der Waals surface area contributed by atoms with Crippen molar-refractivity contribution in [3.8, 4) is 0 Å². The molecule has 3 N–H and O–H groups in total. The fourth-order valence-electron chi connectivity index (χ4n) is 1.66. The Morgan fingerprint density at radius 2 is 1.81 bits per heavy atom. The Hall–Kier alpha value is -0.570. The zero-order valence-electron chi connectivity index (χ0n) is 11.3. The topological polar surface area (TPSA) is 55.1 Å². The van der Waals surface area contributed by atoms with Crippen LogP contribution >= 0.6 is 0 Å². The molecule has 16 heavy (non-hydrogen) atoms. The van der Waals surface area contributed by atoms with E-state index in [1.165, 1.54) is 12.8 Å². The minimum atomic E-state index is -0.0963. The van der Waals surface area contributed by atoms with Gasteiger partial charge in [-0.15, -0.1) is 0 Å². The van der Waals surface area contributed by atoms with Gasteiger partial charge in [0.05, 0.1) is 0 Å². The van der Waals surface area contributed by atoms with Crippen molar-refractivity contribution in [3.63, 3.8) is 0 Å². The van der Waals surface area contributed by atoms with Crippen molar-refractivity contribution >= 4 is 5.91 Å². The number of hydrogen-bond donors (Lipinski definition) is 2. The molecule has 0 aromatic heterocycles. The zero-order chi connectivity index (χ0) is 12.6. The lowest BCUT2D eigenvalue weighted by Gasteiger charge is -2.22. The second-order valence-corrected chi connectivity index (χ2v) is 4.78. The zero-order valence-corrected chi connectivity index (χ0v) is 11.3. The lowest BCUT2D eigenvalue weighted by atomic mass is 10.0. The Morgan fingerprint density at radius 1 is 1.19 bits per heavy atom. The van der Waals surface area contributed by atoms with Crippen LogP contribution in [0.15, 0.2) is 0 Å². The van der Waals surface area contributed by atoms with Crippen molar-refractivity contribution in [2.75, 3.05) is 0 Å². The van der Waals surface area contributed by atoms with Gasteiger partial charge in [-0.05, 0) is 19.8 Å². The molecule has 0 bridgehead atoms. The molecule has 0 fully saturated rings. The maximum Gasteiger partial charge on any atom is 0.224 e. The van der Waals surface area contributed by atoms with E-state index in [2.05, 4.69) is 19.2 Å². The molecule has 3 unspecified atom stereocenters. The molecule has 3 atom stereocenters. The number of unbranched alkanes of at least 4 members (excludes halogenated alkanes) is 1. The number of nitrogens with one attached hydrogen (secondary N) is 1. The summed E-state index contributed by atoms with van der Waals surface area (Å²) in [5.74, 6) is 0.00513. The molecule has 0 aliphatic rings. The van der Waals surface area contributed by atoms with Crippen molar-refractivity contribution in [3.05, 3.63) is 0 Å². The summed E-state index contributed by atoms with van der Waals surface area (Å²) in [5.41, 5.74) is 5.73. The number of nitrogens with two attached hydrogens (primary N) is 1. The fraction of sp³-hybridized carbons (Fsp3) is 0.923. The van der Waals surface area contributed by atoms with Gasteiger partial charge in [-0.1, -0.05) is 40.0 Å². The van der Waals surface area contributed by atoms with E-state index in [9.17, 15) is 4.79 Å². The predicted octanol–water partition coefficient (Wildman–Crippen LogP) is 2.44. The number of rotatable bonds is 8. The summed E-state index contributed by atoms with van der Waals surface area (Å²) in [5, 5.41) is 3.11. The molecule has 1 amide bonds. The van der Waals surface area contributed by atoms with Gasteiger partial charge in [0.2, 0.25) is 5.91 Å². The summed E-state index contributed by atoms with van der Waals surface area (Å²) in [6, 6.07) is 0.257. The summed E-state index contributed by atoms with van der Waals surface area (Å²) in [7, 11) is 0. The molecule has 0 aliphatic carbocycles. The predicted molar refractivity (Wildman–Crippen MR) is 69.2 cm³/mol. The van der Waals surface area contributed by atoms with Crippen molar-refractivity contribution in [1.29, 1.82) is 0 Å². The van der Waals surface area contributed by atoms with Crippen molar-refractivity contribution in [1.82, 2.24) is 5.32 Å². The molecule has 0 saturated heterocycles. The van der Waals surface area contributed by atoms with Crippen LogP contribution in [0.1, 0.15) is 59.8 Å². The Balaban J connectivity index is 4.11. The van der Waals surface area contributed by atoms with Crippen LogP contribution in [0.3, 0.4) is 0 Å². The first-order chi connectivity index (χ1) is 7.52. The van der Waals surface area contributed by atoms with Crippen LogP contribution in [0.5, 0.6) is 0 Å². The quantitative estimate of drug-likeness (QED) is 0.670. The van der Waals surface area contributed by atoms with Crippen LogP contribution in [-0.2, 0) is 4.79 Å². The number of carbonyl (C=O) groups is 1. The average Bonchev–Trinajstić information content (AvgIpc) is 2.24. The largest absolute Gasteiger partial charge is 0.353 e. The molecular formula is C13H28N2O. The van der Waals surface area contributed by atoms with Crippen molar-refractivity contribution in [2.45, 2.75) is 71.9 Å². The third kappa shape index (κ3) is 6.11. The van der Waals surface area contributed by atoms with Crippen molar-refractivity contribution in [2.24, 2.45) is 11.7 Å². The van der Waals surface area contributed by atoms with Gasteiger partial charge < -0.3 is 11.1 Å². The Bertz CT molecular complexity index is 192. The molecule has 0 aromatic carbocycles. The molecule has 0 heterocycles. The van der Waals surface area contributed by atoms with Gasteiger partial charge in [0.15, 0.2) is 0 Å². The van der Waals surface area contributed by atoms with Gasteiger partial charge in [0.1, 0.15) is 0 Å². The highest BCUT2D eigenvalue weighted by molar-refractivity contribution is 5.79. The first kappa shape index (κ1) is 15.4. The van der Waals surface area contributed by atoms with Gasteiger partial charge in [-0.25, -0.2) is 0 Å². The minimum Gasteiger partial charge on any atom is -0.353 e. The fourth-order valence-corrected chi connectivity index (χ4v) is 1.66. The number of carbonyl (C=O) groups excluding carboxylic acids is 1. The number of hydrogen-bond acceptors (Lipinski definition) is 2. The van der Waals surface area contributed by atoms with Gasteiger partial charge >= 0.3 is 0 Å². The van der Waals surface area contributed by atoms with Crippen LogP contribution in [-0.4, -0.2) is 18.0 Å². The summed E-state index contributed by atoms with van der Waals surface area (Å²) in [6.45, 7) is 8.10. The Kier molecular flexibility index (Phi) is 8.26. The molecule has 0 spiro atoms. The average molecular weight is 228 g/mol. The van der Waals surface area contributed by atoms with E-state index in [0.29, 0.717) is 6.04 Å². The Labute approximate surface area is 100 Å². The van der Waals surface area contributed by atoms with Crippen molar-refractivity contribution < 1.29 is 4.79 Å². The molecule has 3 heteroatoms. The van der Waals surface area contributed by atoms with E-state index < -0.39 is 0 Å². The van der Waals surface area contributed by atoms with Crippen LogP contribution in [0.4, 0.5) is 0 Å². The van der Waals surface area contributed by atoms with Gasteiger partial charge in [-0.3, -0.25) is 4.79 Å². The lowest BCUT2D eigenvalue weighted by Crippen LogP contribution is -2.43. The molecule has 0 rings (SSSR count). The monoisotopic (exact) mass is 228 g/mol. The van der Waals surface area contributed by atoms with E-state index in [4.69, 9.17) is 5.73 Å². The third-order valence-corrected chi connectivity index (χ3v) is 3.09. The molecular weight excluding hydrogens is 200 g/mol. The van der Waals surface area contributed by atoms with E-state index in [1.807, 2.05) is 13.8 Å². The van der Waals surface area contributed by atoms with E-state index >= 15 is 0 Å². The van der Waals surface area contributed by atoms with E-state index in [-0.39, 0.29) is 17.9 Å². The highest BCUT2D eigenvalue weighted by Crippen LogP contribution is 2.09. The summed E-state index contributed by atoms with van der Waals surface area (Å²) in [4.78, 5) is 11.8.